The molecule has 3 aliphatic rings. The molecule has 0 spiro atoms. The summed E-state index contributed by atoms with van der Waals surface area (Å²) >= 11 is 0. The molecule has 7 nitrogen and oxygen atoms in total. The molecular weight excluding hydrogens is 352 g/mol. The minimum atomic E-state index is 0.357. The summed E-state index contributed by atoms with van der Waals surface area (Å²) < 4.78 is 5.41. The van der Waals surface area contributed by atoms with Crippen molar-refractivity contribution in [2.75, 3.05) is 61.9 Å². The van der Waals surface area contributed by atoms with Gasteiger partial charge >= 0.3 is 0 Å². The first-order valence-corrected chi connectivity index (χ1v) is 10.8. The maximum atomic E-state index is 6.53. The first-order chi connectivity index (χ1) is 13.4. The minimum absolute atomic E-state index is 0.357. The highest BCUT2D eigenvalue weighted by Gasteiger charge is 2.50. The highest BCUT2D eigenvalue weighted by Crippen LogP contribution is 2.53. The number of morpholine rings is 1. The van der Waals surface area contributed by atoms with Crippen LogP contribution >= 0.6 is 0 Å². The number of aromatic nitrogens is 2. The zero-order valence-electron chi connectivity index (χ0n) is 17.7. The number of nitrogen functional groups attached to an aromatic ring is 1. The quantitative estimate of drug-likeness (QED) is 0.725. The van der Waals surface area contributed by atoms with Gasteiger partial charge in [-0.25, -0.2) is 9.97 Å². The van der Waals surface area contributed by atoms with Crippen LogP contribution in [-0.4, -0.2) is 66.8 Å². The lowest BCUT2D eigenvalue weighted by molar-refractivity contribution is 0.0378. The van der Waals surface area contributed by atoms with E-state index in [9.17, 15) is 0 Å². The minimum Gasteiger partial charge on any atom is -0.393 e. The number of fused-ring (bicyclic) bond motifs is 2. The van der Waals surface area contributed by atoms with Crippen molar-refractivity contribution >= 4 is 17.3 Å². The van der Waals surface area contributed by atoms with E-state index in [2.05, 4.69) is 45.9 Å². The Labute approximate surface area is 169 Å². The average Bonchev–Trinajstić information content (AvgIpc) is 2.89. The first kappa shape index (κ1) is 19.7. The highest BCUT2D eigenvalue weighted by molar-refractivity contribution is 5.75. The summed E-state index contributed by atoms with van der Waals surface area (Å²) in [5.74, 6) is 1.69. The fourth-order valence-electron chi connectivity index (χ4n) is 5.80. The Morgan fingerprint density at radius 1 is 1.21 bits per heavy atom. The van der Waals surface area contributed by atoms with E-state index in [1.54, 1.807) is 6.33 Å². The van der Waals surface area contributed by atoms with Gasteiger partial charge in [0.2, 0.25) is 0 Å². The Hall–Kier alpha value is -1.60. The number of hydrogen-bond acceptors (Lipinski definition) is 7. The highest BCUT2D eigenvalue weighted by atomic mass is 16.5. The van der Waals surface area contributed by atoms with Crippen LogP contribution in [0.5, 0.6) is 0 Å². The van der Waals surface area contributed by atoms with Gasteiger partial charge in [-0.05, 0) is 43.1 Å². The van der Waals surface area contributed by atoms with Crippen LogP contribution in [0.4, 0.5) is 17.3 Å². The summed E-state index contributed by atoms with van der Waals surface area (Å²) in [7, 11) is 0. The molecule has 2 saturated heterocycles. The van der Waals surface area contributed by atoms with Gasteiger partial charge in [0.05, 0.1) is 13.2 Å². The van der Waals surface area contributed by atoms with Gasteiger partial charge in [0.25, 0.3) is 0 Å². The number of ether oxygens (including phenoxy) is 1. The molecular formula is C21H36N6O. The van der Waals surface area contributed by atoms with Gasteiger partial charge in [-0.3, -0.25) is 4.90 Å². The van der Waals surface area contributed by atoms with E-state index in [1.807, 2.05) is 0 Å². The molecule has 28 heavy (non-hydrogen) atoms. The Kier molecular flexibility index (Phi) is 5.40. The number of nitrogens with zero attached hydrogens (tertiary/aromatic N) is 4. The van der Waals surface area contributed by atoms with Crippen LogP contribution in [0.15, 0.2) is 6.33 Å². The number of rotatable bonds is 6. The second-order valence-corrected chi connectivity index (χ2v) is 10.0. The predicted octanol–water partition coefficient (Wildman–Crippen LogP) is 2.60. The van der Waals surface area contributed by atoms with Crippen molar-refractivity contribution in [1.29, 1.82) is 0 Å². The summed E-state index contributed by atoms with van der Waals surface area (Å²) in [6.45, 7) is 14.0. The van der Waals surface area contributed by atoms with Gasteiger partial charge in [0.1, 0.15) is 12.0 Å². The molecule has 0 amide bonds. The van der Waals surface area contributed by atoms with E-state index in [0.717, 1.165) is 64.0 Å². The summed E-state index contributed by atoms with van der Waals surface area (Å²) in [6.07, 6.45) is 6.43. The van der Waals surface area contributed by atoms with E-state index in [4.69, 9.17) is 10.5 Å². The molecule has 2 atom stereocenters. The molecule has 1 aliphatic carbocycles. The lowest BCUT2D eigenvalue weighted by Crippen LogP contribution is -2.37. The number of hydrogen-bond donors (Lipinski definition) is 2. The van der Waals surface area contributed by atoms with Crippen LogP contribution < -0.4 is 16.0 Å². The van der Waals surface area contributed by atoms with E-state index < -0.39 is 0 Å². The number of nitrogens with one attached hydrogen (secondary N) is 1. The van der Waals surface area contributed by atoms with E-state index in [1.165, 1.54) is 19.3 Å². The molecule has 3 fully saturated rings. The molecule has 1 aromatic rings. The van der Waals surface area contributed by atoms with Crippen LogP contribution in [0.25, 0.3) is 0 Å². The monoisotopic (exact) mass is 388 g/mol. The van der Waals surface area contributed by atoms with Gasteiger partial charge in [-0.1, -0.05) is 20.8 Å². The second-order valence-electron chi connectivity index (χ2n) is 10.0. The van der Waals surface area contributed by atoms with Gasteiger partial charge in [0.15, 0.2) is 11.6 Å². The third-order valence-electron chi connectivity index (χ3n) is 6.60. The summed E-state index contributed by atoms with van der Waals surface area (Å²) in [5.41, 5.74) is 7.96. The number of anilines is 3. The summed E-state index contributed by atoms with van der Waals surface area (Å²) in [4.78, 5) is 13.9. The fraction of sp³-hybridized carbons (Fsp3) is 0.810. The van der Waals surface area contributed by atoms with Crippen molar-refractivity contribution in [2.24, 2.45) is 10.8 Å². The third kappa shape index (κ3) is 4.20. The molecule has 2 unspecified atom stereocenters. The zero-order chi connectivity index (χ0) is 19.8. The van der Waals surface area contributed by atoms with E-state index in [-0.39, 0.29) is 0 Å². The lowest BCUT2D eigenvalue weighted by atomic mass is 9.65. The van der Waals surface area contributed by atoms with Gasteiger partial charge < -0.3 is 20.7 Å². The van der Waals surface area contributed by atoms with Crippen LogP contribution in [0, 0.1) is 10.8 Å². The molecule has 2 aliphatic heterocycles. The van der Waals surface area contributed by atoms with E-state index >= 15 is 0 Å². The van der Waals surface area contributed by atoms with Crippen LogP contribution in [0.1, 0.15) is 46.5 Å². The molecule has 0 aromatic carbocycles. The van der Waals surface area contributed by atoms with Crippen molar-refractivity contribution in [3.05, 3.63) is 6.33 Å². The van der Waals surface area contributed by atoms with Gasteiger partial charge in [-0.2, -0.15) is 0 Å². The Balaban J connectivity index is 1.38. The van der Waals surface area contributed by atoms with Crippen molar-refractivity contribution in [3.63, 3.8) is 0 Å². The molecule has 7 heteroatoms. The molecule has 3 N–H and O–H groups in total. The fourth-order valence-corrected chi connectivity index (χ4v) is 5.80. The van der Waals surface area contributed by atoms with Crippen molar-refractivity contribution in [3.8, 4) is 0 Å². The van der Waals surface area contributed by atoms with Crippen LogP contribution in [0.3, 0.4) is 0 Å². The standard InChI is InChI=1S/C21H36N6O/c1-20(2)11-16-12-21(3,13-20)14-27(16)19-17(22)18(24-15-25-19)23-5-4-6-26-7-9-28-10-8-26/h15-16H,4-14,22H2,1-3H3,(H,23,24,25). The van der Waals surface area contributed by atoms with Crippen molar-refractivity contribution in [1.82, 2.24) is 14.9 Å². The smallest absolute Gasteiger partial charge is 0.157 e. The summed E-state index contributed by atoms with van der Waals surface area (Å²) in [5, 5.41) is 3.44. The first-order valence-electron chi connectivity index (χ1n) is 10.8. The number of nitrogens with two attached hydrogens (primary N) is 1. The van der Waals surface area contributed by atoms with Gasteiger partial charge in [0, 0.05) is 32.2 Å². The largest absolute Gasteiger partial charge is 0.393 e. The normalized spacial score (nSPS) is 29.8. The molecule has 156 valence electrons. The van der Waals surface area contributed by atoms with E-state index in [0.29, 0.717) is 22.6 Å². The lowest BCUT2D eigenvalue weighted by Gasteiger charge is -2.39. The zero-order valence-corrected chi connectivity index (χ0v) is 17.7. The molecule has 2 bridgehead atoms. The maximum Gasteiger partial charge on any atom is 0.157 e. The Morgan fingerprint density at radius 2 is 2.00 bits per heavy atom. The topological polar surface area (TPSA) is 79.5 Å². The second kappa shape index (κ2) is 7.67. The average molecular weight is 389 g/mol. The molecule has 4 rings (SSSR count). The predicted molar refractivity (Wildman–Crippen MR) is 114 cm³/mol. The van der Waals surface area contributed by atoms with Gasteiger partial charge in [-0.15, -0.1) is 0 Å². The molecule has 1 saturated carbocycles. The molecule has 0 radical (unpaired) electrons. The Bertz CT molecular complexity index is 689. The SMILES string of the molecule is CC1(C)CC2CC(C)(CN2c2ncnc(NCCCN3CCOCC3)c2N)C1. The third-order valence-corrected chi connectivity index (χ3v) is 6.60. The summed E-state index contributed by atoms with van der Waals surface area (Å²) in [6, 6.07) is 0.528. The van der Waals surface area contributed by atoms with Crippen molar-refractivity contribution < 1.29 is 4.74 Å². The molecule has 1 aromatic heterocycles. The van der Waals surface area contributed by atoms with Crippen LogP contribution in [-0.2, 0) is 4.74 Å². The van der Waals surface area contributed by atoms with Crippen molar-refractivity contribution in [2.45, 2.75) is 52.5 Å². The Morgan fingerprint density at radius 3 is 2.79 bits per heavy atom. The van der Waals surface area contributed by atoms with Crippen LogP contribution in [0.2, 0.25) is 0 Å². The molecule has 3 heterocycles. The maximum absolute atomic E-state index is 6.53.